The molecule has 1 saturated carbocycles. The molecule has 0 aromatic heterocycles. The molecule has 0 saturated heterocycles. The lowest BCUT2D eigenvalue weighted by Gasteiger charge is -2.38. The summed E-state index contributed by atoms with van der Waals surface area (Å²) in [6.45, 7) is 2.29. The van der Waals surface area contributed by atoms with Crippen molar-refractivity contribution in [1.29, 1.82) is 0 Å². The average Bonchev–Trinajstić information content (AvgIpc) is 2.59. The number of ether oxygens (including phenoxy) is 1. The zero-order valence-electron chi connectivity index (χ0n) is 14.2. The first-order valence-corrected chi connectivity index (χ1v) is 8.59. The predicted molar refractivity (Wildman–Crippen MR) is 94.5 cm³/mol. The number of hydrogen-bond acceptors (Lipinski definition) is 3. The van der Waals surface area contributed by atoms with E-state index in [1.165, 1.54) is 6.07 Å². The summed E-state index contributed by atoms with van der Waals surface area (Å²) in [7, 11) is 0. The molecule has 2 aromatic carbocycles. The van der Waals surface area contributed by atoms with Crippen LogP contribution in [0.2, 0.25) is 0 Å². The van der Waals surface area contributed by atoms with Crippen molar-refractivity contribution in [3.8, 4) is 0 Å². The lowest BCUT2D eigenvalue weighted by atomic mass is 9.86. The van der Waals surface area contributed by atoms with Gasteiger partial charge in [-0.3, -0.25) is 0 Å². The lowest BCUT2D eigenvalue weighted by Crippen LogP contribution is -2.52. The van der Waals surface area contributed by atoms with Gasteiger partial charge in [0.2, 0.25) is 0 Å². The number of amides is 1. The van der Waals surface area contributed by atoms with E-state index in [2.05, 4.69) is 10.6 Å². The molecular formula is C20H23FN2O2. The van der Waals surface area contributed by atoms with Crippen molar-refractivity contribution in [2.45, 2.75) is 44.5 Å². The summed E-state index contributed by atoms with van der Waals surface area (Å²) in [5.74, 6) is -0.222. The molecule has 0 bridgehead atoms. The maximum Gasteiger partial charge on any atom is 0.407 e. The van der Waals surface area contributed by atoms with E-state index in [9.17, 15) is 9.18 Å². The van der Waals surface area contributed by atoms with Crippen LogP contribution in [0, 0.1) is 5.82 Å². The normalized spacial score (nSPS) is 20.4. The maximum absolute atomic E-state index is 13.3. The molecule has 0 heterocycles. The number of hydrogen-bond donors (Lipinski definition) is 2. The summed E-state index contributed by atoms with van der Waals surface area (Å²) < 4.78 is 18.5. The Kier molecular flexibility index (Phi) is 5.66. The van der Waals surface area contributed by atoms with E-state index in [-0.39, 0.29) is 30.6 Å². The number of halogens is 1. The van der Waals surface area contributed by atoms with Gasteiger partial charge in [0, 0.05) is 18.1 Å². The first-order chi connectivity index (χ1) is 12.1. The third kappa shape index (κ3) is 5.03. The number of rotatable bonds is 6. The molecule has 25 heavy (non-hydrogen) atoms. The van der Waals surface area contributed by atoms with Crippen LogP contribution in [0.3, 0.4) is 0 Å². The number of alkyl carbamates (subject to hydrolysis) is 1. The second kappa shape index (κ2) is 8.12. The molecule has 0 radical (unpaired) electrons. The van der Waals surface area contributed by atoms with E-state index in [4.69, 9.17) is 4.74 Å². The summed E-state index contributed by atoms with van der Waals surface area (Å²) in [6.07, 6.45) is 1.31. The molecule has 5 heteroatoms. The van der Waals surface area contributed by atoms with Gasteiger partial charge in [0.05, 0.1) is 0 Å². The molecule has 0 spiro atoms. The van der Waals surface area contributed by atoms with Crippen LogP contribution in [-0.4, -0.2) is 18.2 Å². The molecule has 2 N–H and O–H groups in total. The number of nitrogens with one attached hydrogen (secondary N) is 2. The number of benzene rings is 2. The van der Waals surface area contributed by atoms with E-state index in [0.29, 0.717) is 6.04 Å². The largest absolute Gasteiger partial charge is 0.445 e. The molecule has 1 unspecified atom stereocenters. The summed E-state index contributed by atoms with van der Waals surface area (Å²) in [5.41, 5.74) is 1.90. The quantitative estimate of drug-likeness (QED) is 0.836. The van der Waals surface area contributed by atoms with Gasteiger partial charge in [-0.15, -0.1) is 0 Å². The van der Waals surface area contributed by atoms with E-state index < -0.39 is 0 Å². The van der Waals surface area contributed by atoms with Crippen LogP contribution in [0.1, 0.15) is 36.9 Å². The zero-order valence-corrected chi connectivity index (χ0v) is 14.2. The SMILES string of the molecule is CC(NC1CC(NC(=O)OCc2ccccc2)C1)c1cccc(F)c1. The van der Waals surface area contributed by atoms with E-state index >= 15 is 0 Å². The van der Waals surface area contributed by atoms with Crippen LogP contribution in [-0.2, 0) is 11.3 Å². The van der Waals surface area contributed by atoms with Gasteiger partial charge in [-0.05, 0) is 43.0 Å². The molecule has 1 fully saturated rings. The molecule has 1 aliphatic rings. The van der Waals surface area contributed by atoms with Gasteiger partial charge in [-0.25, -0.2) is 9.18 Å². The summed E-state index contributed by atoms with van der Waals surface area (Å²) >= 11 is 0. The monoisotopic (exact) mass is 342 g/mol. The Morgan fingerprint density at radius 2 is 1.92 bits per heavy atom. The van der Waals surface area contributed by atoms with Crippen molar-refractivity contribution >= 4 is 6.09 Å². The first-order valence-electron chi connectivity index (χ1n) is 8.59. The van der Waals surface area contributed by atoms with Crippen molar-refractivity contribution < 1.29 is 13.9 Å². The molecule has 1 amide bonds. The minimum absolute atomic E-state index is 0.0756. The van der Waals surface area contributed by atoms with Crippen LogP contribution >= 0.6 is 0 Å². The summed E-state index contributed by atoms with van der Waals surface area (Å²) in [6, 6.07) is 16.7. The van der Waals surface area contributed by atoms with Crippen molar-refractivity contribution in [2.24, 2.45) is 0 Å². The molecule has 2 aromatic rings. The van der Waals surface area contributed by atoms with Gasteiger partial charge in [-0.1, -0.05) is 42.5 Å². The van der Waals surface area contributed by atoms with Gasteiger partial charge in [0.1, 0.15) is 12.4 Å². The standard InChI is InChI=1S/C20H23FN2O2/c1-14(16-8-5-9-17(21)10-16)22-18-11-19(12-18)23-20(24)25-13-15-6-3-2-4-7-15/h2-10,14,18-19,22H,11-13H2,1H3,(H,23,24). The summed E-state index contributed by atoms with van der Waals surface area (Å²) in [5, 5.41) is 6.34. The third-order valence-corrected chi connectivity index (χ3v) is 4.51. The second-order valence-corrected chi connectivity index (χ2v) is 6.51. The van der Waals surface area contributed by atoms with Crippen molar-refractivity contribution in [3.63, 3.8) is 0 Å². The zero-order chi connectivity index (χ0) is 17.6. The van der Waals surface area contributed by atoms with Crippen LogP contribution in [0.15, 0.2) is 54.6 Å². The Morgan fingerprint density at radius 1 is 1.16 bits per heavy atom. The van der Waals surface area contributed by atoms with Gasteiger partial charge < -0.3 is 15.4 Å². The van der Waals surface area contributed by atoms with Gasteiger partial charge >= 0.3 is 6.09 Å². The van der Waals surface area contributed by atoms with E-state index in [1.807, 2.05) is 43.3 Å². The molecular weight excluding hydrogens is 319 g/mol. The highest BCUT2D eigenvalue weighted by atomic mass is 19.1. The highest BCUT2D eigenvalue weighted by molar-refractivity contribution is 5.67. The van der Waals surface area contributed by atoms with Crippen LogP contribution in [0.25, 0.3) is 0 Å². The van der Waals surface area contributed by atoms with E-state index in [1.54, 1.807) is 12.1 Å². The predicted octanol–water partition coefficient (Wildman–Crippen LogP) is 3.93. The molecule has 4 nitrogen and oxygen atoms in total. The van der Waals surface area contributed by atoms with Crippen LogP contribution in [0.4, 0.5) is 9.18 Å². The summed E-state index contributed by atoms with van der Waals surface area (Å²) in [4.78, 5) is 11.8. The van der Waals surface area contributed by atoms with Gasteiger partial charge in [0.25, 0.3) is 0 Å². The molecule has 1 aliphatic carbocycles. The smallest absolute Gasteiger partial charge is 0.407 e. The third-order valence-electron chi connectivity index (χ3n) is 4.51. The highest BCUT2D eigenvalue weighted by Gasteiger charge is 2.31. The topological polar surface area (TPSA) is 50.4 Å². The molecule has 3 rings (SSSR count). The number of carbonyl (C=O) groups excluding carboxylic acids is 1. The van der Waals surface area contributed by atoms with Crippen molar-refractivity contribution in [2.75, 3.05) is 0 Å². The molecule has 132 valence electrons. The average molecular weight is 342 g/mol. The Bertz CT molecular complexity index is 702. The Hall–Kier alpha value is -2.40. The Labute approximate surface area is 147 Å². The van der Waals surface area contributed by atoms with E-state index in [0.717, 1.165) is 24.0 Å². The van der Waals surface area contributed by atoms with Gasteiger partial charge in [0.15, 0.2) is 0 Å². The Morgan fingerprint density at radius 3 is 2.64 bits per heavy atom. The van der Waals surface area contributed by atoms with Crippen molar-refractivity contribution in [3.05, 3.63) is 71.5 Å². The highest BCUT2D eigenvalue weighted by Crippen LogP contribution is 2.24. The second-order valence-electron chi connectivity index (χ2n) is 6.51. The fraction of sp³-hybridized carbons (Fsp3) is 0.350. The van der Waals surface area contributed by atoms with Crippen LogP contribution in [0.5, 0.6) is 0 Å². The lowest BCUT2D eigenvalue weighted by molar-refractivity contribution is 0.124. The number of carbonyl (C=O) groups is 1. The molecule has 1 atom stereocenters. The van der Waals surface area contributed by atoms with Gasteiger partial charge in [-0.2, -0.15) is 0 Å². The minimum Gasteiger partial charge on any atom is -0.445 e. The minimum atomic E-state index is -0.384. The van der Waals surface area contributed by atoms with Crippen LogP contribution < -0.4 is 10.6 Å². The van der Waals surface area contributed by atoms with Crippen molar-refractivity contribution in [1.82, 2.24) is 10.6 Å². The Balaban J connectivity index is 1.35. The fourth-order valence-corrected chi connectivity index (χ4v) is 3.03. The maximum atomic E-state index is 13.3. The first kappa shape index (κ1) is 17.4. The fourth-order valence-electron chi connectivity index (χ4n) is 3.03. The molecule has 0 aliphatic heterocycles.